The summed E-state index contributed by atoms with van der Waals surface area (Å²) in [5.74, 6) is 1.67. The van der Waals surface area contributed by atoms with Gasteiger partial charge >= 0.3 is 0 Å². The molecule has 5 heteroatoms. The third-order valence-electron chi connectivity index (χ3n) is 10.6. The van der Waals surface area contributed by atoms with Crippen molar-refractivity contribution in [3.8, 4) is 11.5 Å². The molecule has 0 bridgehead atoms. The Morgan fingerprint density at radius 3 is 1.69 bits per heavy atom. The van der Waals surface area contributed by atoms with Gasteiger partial charge in [-0.3, -0.25) is 0 Å². The molecule has 0 atom stereocenters. The molecule has 0 N–H and O–H groups in total. The Hall–Kier alpha value is -6.72. The molecule has 0 aromatic heterocycles. The van der Waals surface area contributed by atoms with Crippen molar-refractivity contribution in [1.82, 2.24) is 0 Å². The number of hydrogen-bond acceptors (Lipinski definition) is 4. The van der Waals surface area contributed by atoms with Crippen LogP contribution in [0.15, 0.2) is 182 Å². The van der Waals surface area contributed by atoms with Gasteiger partial charge in [-0.2, -0.15) is 0 Å². The molecule has 0 fully saturated rings. The Balaban J connectivity index is 1.32. The van der Waals surface area contributed by atoms with Crippen LogP contribution in [-0.4, -0.2) is 6.71 Å². The molecule has 51 heavy (non-hydrogen) atoms. The van der Waals surface area contributed by atoms with Gasteiger partial charge < -0.3 is 19.4 Å². The molecular formula is C46H30BN3O. The molecule has 0 radical (unpaired) electrons. The van der Waals surface area contributed by atoms with Gasteiger partial charge in [-0.05, 0) is 82.4 Å². The van der Waals surface area contributed by atoms with Crippen molar-refractivity contribution in [2.45, 2.75) is 0 Å². The molecule has 0 aliphatic carbocycles. The van der Waals surface area contributed by atoms with Gasteiger partial charge in [-0.25, -0.2) is 0 Å². The van der Waals surface area contributed by atoms with Crippen molar-refractivity contribution in [3.05, 3.63) is 182 Å². The number of nitrogens with zero attached hydrogens (tertiary/aromatic N) is 3. The minimum atomic E-state index is -0.000555. The molecular weight excluding hydrogens is 621 g/mol. The van der Waals surface area contributed by atoms with Gasteiger partial charge in [-0.15, -0.1) is 0 Å². The molecule has 0 amide bonds. The highest BCUT2D eigenvalue weighted by molar-refractivity contribution is 7.00. The van der Waals surface area contributed by atoms with Crippen LogP contribution in [0.5, 0.6) is 11.5 Å². The molecule has 3 heterocycles. The Kier molecular flexibility index (Phi) is 6.01. The number of para-hydroxylation sites is 6. The summed E-state index contributed by atoms with van der Waals surface area (Å²) < 4.78 is 7.21. The third-order valence-corrected chi connectivity index (χ3v) is 10.6. The normalized spacial score (nSPS) is 13.5. The Morgan fingerprint density at radius 1 is 0.392 bits per heavy atom. The second kappa shape index (κ2) is 10.9. The van der Waals surface area contributed by atoms with Crippen LogP contribution in [0.2, 0.25) is 0 Å². The molecule has 3 aliphatic heterocycles. The number of benzene rings is 8. The summed E-state index contributed by atoms with van der Waals surface area (Å²) in [4.78, 5) is 7.29. The summed E-state index contributed by atoms with van der Waals surface area (Å²) in [5, 5.41) is 2.38. The molecule has 8 aromatic carbocycles. The third kappa shape index (κ3) is 4.03. The van der Waals surface area contributed by atoms with Crippen molar-refractivity contribution in [3.63, 3.8) is 0 Å². The molecule has 0 saturated carbocycles. The van der Waals surface area contributed by atoms with Crippen molar-refractivity contribution in [1.29, 1.82) is 0 Å². The van der Waals surface area contributed by atoms with Crippen LogP contribution < -0.4 is 35.8 Å². The molecule has 4 nitrogen and oxygen atoms in total. The first-order valence-corrected chi connectivity index (χ1v) is 17.5. The first-order valence-electron chi connectivity index (χ1n) is 17.5. The maximum atomic E-state index is 7.21. The zero-order valence-electron chi connectivity index (χ0n) is 27.6. The molecule has 0 spiro atoms. The minimum Gasteiger partial charge on any atom is -0.451 e. The van der Waals surface area contributed by atoms with Gasteiger partial charge in [-0.1, -0.05) is 121 Å². The van der Waals surface area contributed by atoms with E-state index in [2.05, 4.69) is 197 Å². The van der Waals surface area contributed by atoms with Crippen molar-refractivity contribution < 1.29 is 4.74 Å². The van der Waals surface area contributed by atoms with Gasteiger partial charge in [0.1, 0.15) is 0 Å². The van der Waals surface area contributed by atoms with E-state index in [9.17, 15) is 0 Å². The maximum absolute atomic E-state index is 7.21. The van der Waals surface area contributed by atoms with Gasteiger partial charge in [0.25, 0.3) is 6.71 Å². The lowest BCUT2D eigenvalue weighted by atomic mass is 9.33. The van der Waals surface area contributed by atoms with Gasteiger partial charge in [0.15, 0.2) is 11.5 Å². The van der Waals surface area contributed by atoms with Crippen LogP contribution in [0.25, 0.3) is 10.8 Å². The lowest BCUT2D eigenvalue weighted by Gasteiger charge is -2.46. The standard InChI is InChI=1S/C46H30BN3O/c1-3-18-32(19-4-1)48-38-25-11-9-23-35(38)47-36-24-10-12-26-39(36)49(33-20-5-2-6-21-33)45-44(47)41(48)30-42-46(45)51-43-29-14-13-27-40(43)50(42)37-28-15-17-31-16-7-8-22-34(31)37/h1-30H. The summed E-state index contributed by atoms with van der Waals surface area (Å²) in [6.45, 7) is -0.000555. The topological polar surface area (TPSA) is 19.0 Å². The first kappa shape index (κ1) is 28.2. The smallest absolute Gasteiger partial charge is 0.252 e. The van der Waals surface area contributed by atoms with E-state index in [1.807, 2.05) is 0 Å². The predicted octanol–water partition coefficient (Wildman–Crippen LogP) is 10.5. The van der Waals surface area contributed by atoms with Crippen LogP contribution in [0.1, 0.15) is 0 Å². The van der Waals surface area contributed by atoms with Crippen molar-refractivity contribution >= 4 is 85.1 Å². The fourth-order valence-corrected chi connectivity index (χ4v) is 8.53. The second-order valence-electron chi connectivity index (χ2n) is 13.3. The highest BCUT2D eigenvalue weighted by Crippen LogP contribution is 2.59. The van der Waals surface area contributed by atoms with Crippen LogP contribution >= 0.6 is 0 Å². The van der Waals surface area contributed by atoms with E-state index < -0.39 is 0 Å². The second-order valence-corrected chi connectivity index (χ2v) is 13.3. The summed E-state index contributed by atoms with van der Waals surface area (Å²) in [5.41, 5.74) is 13.6. The number of anilines is 9. The summed E-state index contributed by atoms with van der Waals surface area (Å²) in [7, 11) is 0. The zero-order chi connectivity index (χ0) is 33.5. The molecule has 0 unspecified atom stereocenters. The van der Waals surface area contributed by atoms with E-state index >= 15 is 0 Å². The van der Waals surface area contributed by atoms with Crippen molar-refractivity contribution in [2.75, 3.05) is 14.7 Å². The average molecular weight is 652 g/mol. The van der Waals surface area contributed by atoms with Crippen LogP contribution in [0.3, 0.4) is 0 Å². The van der Waals surface area contributed by atoms with Crippen LogP contribution in [-0.2, 0) is 0 Å². The average Bonchev–Trinajstić information content (AvgIpc) is 3.20. The fourth-order valence-electron chi connectivity index (χ4n) is 8.53. The van der Waals surface area contributed by atoms with E-state index in [0.717, 1.165) is 57.0 Å². The first-order chi connectivity index (χ1) is 25.3. The highest BCUT2D eigenvalue weighted by atomic mass is 16.5. The van der Waals surface area contributed by atoms with Gasteiger partial charge in [0.05, 0.1) is 22.7 Å². The van der Waals surface area contributed by atoms with Crippen LogP contribution in [0, 0.1) is 0 Å². The quantitative estimate of drug-likeness (QED) is 0.177. The zero-order valence-corrected chi connectivity index (χ0v) is 27.6. The number of hydrogen-bond donors (Lipinski definition) is 0. The summed E-state index contributed by atoms with van der Waals surface area (Å²) in [6.07, 6.45) is 0. The molecule has 238 valence electrons. The number of ether oxygens (including phenoxy) is 1. The van der Waals surface area contributed by atoms with Gasteiger partial charge in [0, 0.05) is 33.8 Å². The lowest BCUT2D eigenvalue weighted by Crippen LogP contribution is -2.61. The van der Waals surface area contributed by atoms with E-state index in [-0.39, 0.29) is 6.71 Å². The molecule has 11 rings (SSSR count). The Morgan fingerprint density at radius 2 is 0.941 bits per heavy atom. The number of fused-ring (bicyclic) bond motifs is 8. The molecule has 0 saturated heterocycles. The van der Waals surface area contributed by atoms with Crippen LogP contribution in [0.4, 0.5) is 51.2 Å². The van der Waals surface area contributed by atoms with Gasteiger partial charge in [0.2, 0.25) is 0 Å². The monoisotopic (exact) mass is 651 g/mol. The summed E-state index contributed by atoms with van der Waals surface area (Å²) in [6, 6.07) is 65.3. The minimum absolute atomic E-state index is 0.000555. The Bertz CT molecular complexity index is 2640. The van der Waals surface area contributed by atoms with E-state index in [4.69, 9.17) is 4.74 Å². The van der Waals surface area contributed by atoms with E-state index in [0.29, 0.717) is 0 Å². The molecule has 3 aliphatic rings. The van der Waals surface area contributed by atoms with Crippen molar-refractivity contribution in [2.24, 2.45) is 0 Å². The lowest BCUT2D eigenvalue weighted by molar-refractivity contribution is 0.478. The maximum Gasteiger partial charge on any atom is 0.252 e. The SMILES string of the molecule is c1ccc(N2c3ccccc3B3c4ccccc4N(c4ccccc4)c4c5c(cc2c43)N(c2cccc3ccccc23)c2ccccc2O5)cc1. The predicted molar refractivity (Wildman–Crippen MR) is 213 cm³/mol. The van der Waals surface area contributed by atoms with E-state index in [1.54, 1.807) is 0 Å². The molecule has 8 aromatic rings. The Labute approximate surface area is 297 Å². The highest BCUT2D eigenvalue weighted by Gasteiger charge is 2.46. The van der Waals surface area contributed by atoms with E-state index in [1.165, 1.54) is 32.8 Å². The largest absolute Gasteiger partial charge is 0.451 e. The number of rotatable bonds is 3. The summed E-state index contributed by atoms with van der Waals surface area (Å²) >= 11 is 0. The fraction of sp³-hybridized carbons (Fsp3) is 0.